The van der Waals surface area contributed by atoms with Crippen LogP contribution >= 0.6 is 0 Å². The quantitative estimate of drug-likeness (QED) is 0.465. The van der Waals surface area contributed by atoms with Crippen LogP contribution in [0.5, 0.6) is 0 Å². The van der Waals surface area contributed by atoms with Gasteiger partial charge in [0.2, 0.25) is 0 Å². The Balaban J connectivity index is 0.000000754. The smallest absolute Gasteiger partial charge is 0.261 e. The molecule has 0 aliphatic heterocycles. The molecular formula is C22H26N8O2. The summed E-state index contributed by atoms with van der Waals surface area (Å²) in [6, 6.07) is 3.84. The summed E-state index contributed by atoms with van der Waals surface area (Å²) < 4.78 is 12.2. The lowest BCUT2D eigenvalue weighted by atomic mass is 10.0. The van der Waals surface area contributed by atoms with Crippen LogP contribution in [0.3, 0.4) is 0 Å². The maximum absolute atomic E-state index is 5.57. The molecule has 4 aromatic rings. The molecule has 166 valence electrons. The number of nitrogen functional groups attached to an aromatic ring is 1. The molecule has 0 amide bonds. The molecule has 1 unspecified atom stereocenters. The van der Waals surface area contributed by atoms with Crippen LogP contribution in [0.15, 0.2) is 47.6 Å². The minimum atomic E-state index is -0.0879. The highest BCUT2D eigenvalue weighted by Crippen LogP contribution is 2.25. The molecule has 10 nitrogen and oxygen atoms in total. The van der Waals surface area contributed by atoms with Crippen LogP contribution in [-0.2, 0) is 11.3 Å². The number of aromatic nitrogens is 7. The Morgan fingerprint density at radius 1 is 1.06 bits per heavy atom. The van der Waals surface area contributed by atoms with Gasteiger partial charge in [0.1, 0.15) is 11.5 Å². The average Bonchev–Trinajstić information content (AvgIpc) is 3.49. The zero-order valence-corrected chi connectivity index (χ0v) is 18.2. The molecule has 1 fully saturated rings. The molecule has 0 aromatic carbocycles. The van der Waals surface area contributed by atoms with E-state index in [4.69, 9.17) is 15.0 Å². The lowest BCUT2D eigenvalue weighted by molar-refractivity contribution is 0.183. The van der Waals surface area contributed by atoms with Crippen molar-refractivity contribution in [3.05, 3.63) is 54.5 Å². The molecular weight excluding hydrogens is 408 g/mol. The lowest BCUT2D eigenvalue weighted by Crippen LogP contribution is -2.03. The number of hydrogen-bond acceptors (Lipinski definition) is 9. The summed E-state index contributed by atoms with van der Waals surface area (Å²) in [6.45, 7) is 3.23. The van der Waals surface area contributed by atoms with Crippen LogP contribution < -0.4 is 5.73 Å². The van der Waals surface area contributed by atoms with E-state index in [0.717, 1.165) is 11.1 Å². The van der Waals surface area contributed by atoms with Crippen molar-refractivity contribution in [2.75, 3.05) is 19.5 Å². The van der Waals surface area contributed by atoms with E-state index in [1.54, 1.807) is 30.4 Å². The number of nitrogens with two attached hydrogens (primary N) is 1. The van der Waals surface area contributed by atoms with E-state index in [1.807, 2.05) is 25.3 Å². The second-order valence-electron chi connectivity index (χ2n) is 7.53. The van der Waals surface area contributed by atoms with E-state index in [0.29, 0.717) is 42.1 Å². The molecule has 4 heterocycles. The van der Waals surface area contributed by atoms with E-state index >= 15 is 0 Å². The molecule has 1 aliphatic carbocycles. The van der Waals surface area contributed by atoms with Crippen molar-refractivity contribution < 1.29 is 9.26 Å². The number of ether oxygens (including phenoxy) is 1. The third kappa shape index (κ3) is 5.52. The monoisotopic (exact) mass is 434 g/mol. The second-order valence-corrected chi connectivity index (χ2v) is 7.53. The van der Waals surface area contributed by atoms with Crippen molar-refractivity contribution >= 4 is 5.82 Å². The zero-order chi connectivity index (χ0) is 22.3. The summed E-state index contributed by atoms with van der Waals surface area (Å²) in [5, 5.41) is 8.39. The van der Waals surface area contributed by atoms with Gasteiger partial charge in [0.05, 0.1) is 43.0 Å². The summed E-state index contributed by atoms with van der Waals surface area (Å²) in [5.41, 5.74) is 8.67. The zero-order valence-electron chi connectivity index (χ0n) is 18.2. The minimum Gasteiger partial charge on any atom is -0.383 e. The minimum absolute atomic E-state index is 0.0879. The van der Waals surface area contributed by atoms with Gasteiger partial charge in [-0.2, -0.15) is 10.1 Å². The molecule has 1 saturated carbocycles. The van der Waals surface area contributed by atoms with E-state index < -0.39 is 0 Å². The first-order chi connectivity index (χ1) is 15.6. The van der Waals surface area contributed by atoms with Gasteiger partial charge in [0, 0.05) is 25.4 Å². The second kappa shape index (κ2) is 10.1. The van der Waals surface area contributed by atoms with E-state index in [9.17, 15) is 0 Å². The summed E-state index contributed by atoms with van der Waals surface area (Å²) >= 11 is 0. The number of pyridine rings is 1. The normalized spacial score (nSPS) is 13.3. The van der Waals surface area contributed by atoms with E-state index in [1.165, 1.54) is 25.5 Å². The van der Waals surface area contributed by atoms with Gasteiger partial charge in [-0.3, -0.25) is 9.67 Å². The first kappa shape index (κ1) is 21.6. The summed E-state index contributed by atoms with van der Waals surface area (Å²) in [5.74, 6) is 1.29. The van der Waals surface area contributed by atoms with Gasteiger partial charge < -0.3 is 15.0 Å². The van der Waals surface area contributed by atoms with E-state index in [-0.39, 0.29) is 5.92 Å². The average molecular weight is 435 g/mol. The summed E-state index contributed by atoms with van der Waals surface area (Å²) in [6.07, 6.45) is 12.9. The third-order valence-corrected chi connectivity index (χ3v) is 4.81. The van der Waals surface area contributed by atoms with Crippen molar-refractivity contribution in [1.82, 2.24) is 34.9 Å². The van der Waals surface area contributed by atoms with Crippen molar-refractivity contribution in [2.24, 2.45) is 0 Å². The van der Waals surface area contributed by atoms with Crippen LogP contribution in [0.4, 0.5) is 5.82 Å². The van der Waals surface area contributed by atoms with Gasteiger partial charge in [0.15, 0.2) is 5.82 Å². The first-order valence-corrected chi connectivity index (χ1v) is 10.5. The van der Waals surface area contributed by atoms with Crippen LogP contribution in [0.2, 0.25) is 0 Å². The SMILES string of the molecule is C1CC1.COCCn1cc(-c2nc(C(C)c3ccc(-c4cnc(N)cn4)nc3)no2)cn1. The van der Waals surface area contributed by atoms with E-state index in [2.05, 4.69) is 30.2 Å². The van der Waals surface area contributed by atoms with Crippen molar-refractivity contribution in [3.63, 3.8) is 0 Å². The Kier molecular flexibility index (Phi) is 6.81. The fourth-order valence-electron chi connectivity index (χ4n) is 2.74. The Hall–Kier alpha value is -3.66. The Bertz CT molecular complexity index is 1120. The molecule has 0 saturated heterocycles. The molecule has 0 spiro atoms. The van der Waals surface area contributed by atoms with Gasteiger partial charge in [-0.1, -0.05) is 37.4 Å². The van der Waals surface area contributed by atoms with Crippen molar-refractivity contribution in [3.8, 4) is 22.8 Å². The standard InChI is InChI=1S/C19H20N8O2.C3H6/c1-12(13-3-4-15(21-7-13)16-9-23-17(20)10-22-16)18-25-19(29-26-18)14-8-24-27(11-14)5-6-28-2;1-2-3-1/h3-4,7-12H,5-6H2,1-2H3,(H2,20,23);1-3H2. The highest BCUT2D eigenvalue weighted by Gasteiger charge is 2.18. The van der Waals surface area contributed by atoms with Gasteiger partial charge >= 0.3 is 0 Å². The Morgan fingerprint density at radius 2 is 1.88 bits per heavy atom. The fraction of sp³-hybridized carbons (Fsp3) is 0.364. The predicted molar refractivity (Wildman–Crippen MR) is 118 cm³/mol. The molecule has 4 aromatic heterocycles. The number of nitrogens with zero attached hydrogens (tertiary/aromatic N) is 7. The lowest BCUT2D eigenvalue weighted by Gasteiger charge is -2.07. The Labute approximate surface area is 185 Å². The molecule has 1 atom stereocenters. The van der Waals surface area contributed by atoms with Gasteiger partial charge in [0.25, 0.3) is 5.89 Å². The maximum Gasteiger partial charge on any atom is 0.261 e. The fourth-order valence-corrected chi connectivity index (χ4v) is 2.74. The highest BCUT2D eigenvalue weighted by atomic mass is 16.5. The number of methoxy groups -OCH3 is 1. The van der Waals surface area contributed by atoms with Crippen molar-refractivity contribution in [2.45, 2.75) is 38.6 Å². The Morgan fingerprint density at radius 3 is 2.53 bits per heavy atom. The van der Waals surface area contributed by atoms with Crippen LogP contribution in [0, 0.1) is 0 Å². The van der Waals surface area contributed by atoms with Crippen LogP contribution in [-0.4, -0.2) is 48.6 Å². The first-order valence-electron chi connectivity index (χ1n) is 10.5. The van der Waals surface area contributed by atoms with Crippen LogP contribution in [0.1, 0.15) is 43.5 Å². The molecule has 2 N–H and O–H groups in total. The molecule has 0 bridgehead atoms. The number of hydrogen-bond donors (Lipinski definition) is 1. The molecule has 1 aliphatic rings. The summed E-state index contributed by atoms with van der Waals surface area (Å²) in [7, 11) is 1.65. The van der Waals surface area contributed by atoms with Crippen LogP contribution in [0.25, 0.3) is 22.8 Å². The molecule has 0 radical (unpaired) electrons. The van der Waals surface area contributed by atoms with Gasteiger partial charge in [-0.15, -0.1) is 0 Å². The van der Waals surface area contributed by atoms with Gasteiger partial charge in [-0.25, -0.2) is 9.97 Å². The summed E-state index contributed by atoms with van der Waals surface area (Å²) in [4.78, 5) is 17.3. The maximum atomic E-state index is 5.57. The molecule has 10 heteroatoms. The van der Waals surface area contributed by atoms with Crippen molar-refractivity contribution in [1.29, 1.82) is 0 Å². The third-order valence-electron chi connectivity index (χ3n) is 4.81. The number of rotatable bonds is 7. The predicted octanol–water partition coefficient (Wildman–Crippen LogP) is 3.34. The molecule has 32 heavy (non-hydrogen) atoms. The van der Waals surface area contributed by atoms with Gasteiger partial charge in [-0.05, 0) is 11.6 Å². The number of anilines is 1. The largest absolute Gasteiger partial charge is 0.383 e. The highest BCUT2D eigenvalue weighted by molar-refractivity contribution is 5.54. The topological polar surface area (TPSA) is 131 Å². The molecule has 5 rings (SSSR count).